The number of nitrogens with one attached hydrogen (secondary N) is 1. The fourth-order valence-electron chi connectivity index (χ4n) is 2.91. The minimum absolute atomic E-state index is 0.469. The summed E-state index contributed by atoms with van der Waals surface area (Å²) in [6.45, 7) is 2.99. The number of likely N-dealkylation sites (N-methyl/N-ethyl adjacent to an activating group) is 1. The highest BCUT2D eigenvalue weighted by atomic mass is 79.9. The number of aromatic nitrogens is 2. The molecular formula is C15H26BrN3O. The third-order valence-electron chi connectivity index (χ3n) is 4.22. The Morgan fingerprint density at radius 1 is 1.50 bits per heavy atom. The molecular weight excluding hydrogens is 318 g/mol. The van der Waals surface area contributed by atoms with Crippen LogP contribution < -0.4 is 5.32 Å². The lowest BCUT2D eigenvalue weighted by Gasteiger charge is -2.25. The summed E-state index contributed by atoms with van der Waals surface area (Å²) < 4.78 is 8.95. The standard InChI is InChI=1S/C15H26BrN3O/c1-11-15(16)14(19(3)18-11)10-12(17-2)7-8-13-6-4-5-9-20-13/h12-13,17H,4-10H2,1-3H3. The van der Waals surface area contributed by atoms with Gasteiger partial charge in [-0.1, -0.05) is 0 Å². The molecule has 114 valence electrons. The van der Waals surface area contributed by atoms with Crippen molar-refractivity contribution >= 4 is 15.9 Å². The molecule has 1 aliphatic heterocycles. The van der Waals surface area contributed by atoms with Crippen LogP contribution in [0, 0.1) is 6.92 Å². The molecule has 0 amide bonds. The molecule has 1 aromatic heterocycles. The first-order valence-corrected chi connectivity index (χ1v) is 8.38. The van der Waals surface area contributed by atoms with Crippen LogP contribution in [0.2, 0.25) is 0 Å². The number of hydrogen-bond acceptors (Lipinski definition) is 3. The number of ether oxygens (including phenoxy) is 1. The number of aryl methyl sites for hydroxylation is 2. The van der Waals surface area contributed by atoms with E-state index in [1.165, 1.54) is 25.0 Å². The molecule has 5 heteroatoms. The van der Waals surface area contributed by atoms with Gasteiger partial charge in [-0.3, -0.25) is 4.68 Å². The van der Waals surface area contributed by atoms with Crippen molar-refractivity contribution in [3.8, 4) is 0 Å². The molecule has 0 spiro atoms. The van der Waals surface area contributed by atoms with Crippen molar-refractivity contribution in [1.29, 1.82) is 0 Å². The summed E-state index contributed by atoms with van der Waals surface area (Å²) in [4.78, 5) is 0. The minimum Gasteiger partial charge on any atom is -0.378 e. The summed E-state index contributed by atoms with van der Waals surface area (Å²) in [6.07, 6.45) is 7.55. The maximum Gasteiger partial charge on any atom is 0.0738 e. The zero-order chi connectivity index (χ0) is 14.5. The molecule has 1 N–H and O–H groups in total. The van der Waals surface area contributed by atoms with E-state index in [0.717, 1.165) is 36.0 Å². The van der Waals surface area contributed by atoms with Crippen LogP contribution in [0.15, 0.2) is 4.47 Å². The zero-order valence-corrected chi connectivity index (χ0v) is 14.4. The molecule has 2 atom stereocenters. The molecule has 20 heavy (non-hydrogen) atoms. The Morgan fingerprint density at radius 2 is 2.30 bits per heavy atom. The SMILES string of the molecule is CNC(CCC1CCCCO1)Cc1c(Br)c(C)nn1C. The highest BCUT2D eigenvalue weighted by Crippen LogP contribution is 2.23. The summed E-state index contributed by atoms with van der Waals surface area (Å²) in [5.74, 6) is 0. The predicted molar refractivity (Wildman–Crippen MR) is 85.0 cm³/mol. The van der Waals surface area contributed by atoms with Gasteiger partial charge in [0.15, 0.2) is 0 Å². The van der Waals surface area contributed by atoms with Crippen LogP contribution in [0.1, 0.15) is 43.5 Å². The molecule has 4 nitrogen and oxygen atoms in total. The van der Waals surface area contributed by atoms with Gasteiger partial charge in [0, 0.05) is 26.1 Å². The lowest BCUT2D eigenvalue weighted by molar-refractivity contribution is 0.00867. The van der Waals surface area contributed by atoms with E-state index in [0.29, 0.717) is 12.1 Å². The highest BCUT2D eigenvalue weighted by Gasteiger charge is 2.19. The number of nitrogens with zero attached hydrogens (tertiary/aromatic N) is 2. The monoisotopic (exact) mass is 343 g/mol. The Bertz CT molecular complexity index is 427. The molecule has 2 heterocycles. The number of hydrogen-bond donors (Lipinski definition) is 1. The fraction of sp³-hybridized carbons (Fsp3) is 0.800. The molecule has 1 fully saturated rings. The second-order valence-corrected chi connectivity index (χ2v) is 6.52. The van der Waals surface area contributed by atoms with E-state index in [9.17, 15) is 0 Å². The second-order valence-electron chi connectivity index (χ2n) is 5.73. The van der Waals surface area contributed by atoms with E-state index in [1.54, 1.807) is 0 Å². The second kappa shape index (κ2) is 7.57. The lowest BCUT2D eigenvalue weighted by atomic mass is 9.99. The quantitative estimate of drug-likeness (QED) is 0.862. The van der Waals surface area contributed by atoms with E-state index in [4.69, 9.17) is 4.74 Å². The maximum absolute atomic E-state index is 5.82. The van der Waals surface area contributed by atoms with E-state index >= 15 is 0 Å². The molecule has 0 aliphatic carbocycles. The van der Waals surface area contributed by atoms with Crippen LogP contribution >= 0.6 is 15.9 Å². The van der Waals surface area contributed by atoms with Crippen molar-refractivity contribution in [2.75, 3.05) is 13.7 Å². The lowest BCUT2D eigenvalue weighted by Crippen LogP contribution is -2.31. The van der Waals surface area contributed by atoms with Crippen LogP contribution in [0.5, 0.6) is 0 Å². The molecule has 0 saturated carbocycles. The van der Waals surface area contributed by atoms with Crippen molar-refractivity contribution in [2.24, 2.45) is 7.05 Å². The van der Waals surface area contributed by atoms with Gasteiger partial charge in [-0.15, -0.1) is 0 Å². The minimum atomic E-state index is 0.469. The smallest absolute Gasteiger partial charge is 0.0738 e. The molecule has 1 aliphatic rings. The van der Waals surface area contributed by atoms with Gasteiger partial charge >= 0.3 is 0 Å². The normalized spacial score (nSPS) is 21.1. The van der Waals surface area contributed by atoms with Gasteiger partial charge in [-0.2, -0.15) is 5.10 Å². The first-order valence-electron chi connectivity index (χ1n) is 7.58. The fourth-order valence-corrected chi connectivity index (χ4v) is 3.40. The Kier molecular flexibility index (Phi) is 6.05. The van der Waals surface area contributed by atoms with Gasteiger partial charge in [0.05, 0.1) is 22.0 Å². The Balaban J connectivity index is 1.88. The summed E-state index contributed by atoms with van der Waals surface area (Å²) in [5.41, 5.74) is 2.33. The molecule has 2 unspecified atom stereocenters. The third-order valence-corrected chi connectivity index (χ3v) is 5.25. The molecule has 0 bridgehead atoms. The van der Waals surface area contributed by atoms with Crippen molar-refractivity contribution in [3.05, 3.63) is 15.9 Å². The number of halogens is 1. The largest absolute Gasteiger partial charge is 0.378 e. The first-order chi connectivity index (χ1) is 9.61. The zero-order valence-electron chi connectivity index (χ0n) is 12.8. The molecule has 0 radical (unpaired) electrons. The van der Waals surface area contributed by atoms with Gasteiger partial charge in [-0.25, -0.2) is 0 Å². The molecule has 1 saturated heterocycles. The van der Waals surface area contributed by atoms with Crippen molar-refractivity contribution in [3.63, 3.8) is 0 Å². The summed E-state index contributed by atoms with van der Waals surface area (Å²) in [7, 11) is 4.06. The number of rotatable bonds is 6. The molecule has 1 aromatic rings. The Hall–Kier alpha value is -0.390. The average Bonchev–Trinajstić information content (AvgIpc) is 2.70. The third kappa shape index (κ3) is 4.06. The van der Waals surface area contributed by atoms with E-state index < -0.39 is 0 Å². The maximum atomic E-state index is 5.82. The van der Waals surface area contributed by atoms with Crippen LogP contribution in [0.3, 0.4) is 0 Å². The van der Waals surface area contributed by atoms with Gasteiger partial charge in [0.2, 0.25) is 0 Å². The van der Waals surface area contributed by atoms with E-state index in [-0.39, 0.29) is 0 Å². The summed E-state index contributed by atoms with van der Waals surface area (Å²) in [6, 6.07) is 0.478. The van der Waals surface area contributed by atoms with Crippen LogP contribution in [-0.2, 0) is 18.2 Å². The topological polar surface area (TPSA) is 39.1 Å². The average molecular weight is 344 g/mol. The van der Waals surface area contributed by atoms with Gasteiger partial charge < -0.3 is 10.1 Å². The summed E-state index contributed by atoms with van der Waals surface area (Å²) >= 11 is 3.65. The van der Waals surface area contributed by atoms with E-state index in [2.05, 4.69) is 26.3 Å². The van der Waals surface area contributed by atoms with Gasteiger partial charge in [-0.05, 0) is 62.0 Å². The predicted octanol–water partition coefficient (Wildman–Crippen LogP) is 2.97. The van der Waals surface area contributed by atoms with Crippen molar-refractivity contribution in [1.82, 2.24) is 15.1 Å². The molecule has 0 aromatic carbocycles. The Morgan fingerprint density at radius 3 is 2.85 bits per heavy atom. The van der Waals surface area contributed by atoms with Crippen LogP contribution in [-0.4, -0.2) is 35.6 Å². The molecule has 2 rings (SSSR count). The Labute approximate surface area is 130 Å². The van der Waals surface area contributed by atoms with Gasteiger partial charge in [0.25, 0.3) is 0 Å². The van der Waals surface area contributed by atoms with Crippen LogP contribution in [0.25, 0.3) is 0 Å². The van der Waals surface area contributed by atoms with Crippen molar-refractivity contribution < 1.29 is 4.74 Å². The summed E-state index contributed by atoms with van der Waals surface area (Å²) in [5, 5.41) is 7.90. The first kappa shape index (κ1) is 16.0. The van der Waals surface area contributed by atoms with Crippen molar-refractivity contribution in [2.45, 2.75) is 57.6 Å². The van der Waals surface area contributed by atoms with Crippen LogP contribution in [0.4, 0.5) is 0 Å². The highest BCUT2D eigenvalue weighted by molar-refractivity contribution is 9.10. The van der Waals surface area contributed by atoms with E-state index in [1.807, 2.05) is 25.7 Å². The van der Waals surface area contributed by atoms with Gasteiger partial charge in [0.1, 0.15) is 0 Å².